The van der Waals surface area contributed by atoms with E-state index in [1.165, 1.54) is 18.2 Å². The molecule has 0 saturated heterocycles. The number of hydrogen-bond acceptors (Lipinski definition) is 1. The molecule has 2 rings (SSSR count). The Labute approximate surface area is 107 Å². The number of amides is 1. The standard InChI is InChI=1S/C13H8ClF2NO/c14-11-4-1-7(5-12(11)16)10-6-8(15)2-3-9(10)13(17)18/h1-6H,(H2,17,18). The van der Waals surface area contributed by atoms with E-state index in [2.05, 4.69) is 0 Å². The third-order valence-electron chi connectivity index (χ3n) is 2.48. The molecule has 0 unspecified atom stereocenters. The first kappa shape index (κ1) is 12.5. The number of nitrogens with two attached hydrogens (primary N) is 1. The lowest BCUT2D eigenvalue weighted by atomic mass is 9.99. The maximum Gasteiger partial charge on any atom is 0.249 e. The summed E-state index contributed by atoms with van der Waals surface area (Å²) in [6, 6.07) is 7.47. The Balaban J connectivity index is 2.65. The normalized spacial score (nSPS) is 10.4. The minimum Gasteiger partial charge on any atom is -0.366 e. The van der Waals surface area contributed by atoms with Crippen LogP contribution in [0.4, 0.5) is 8.78 Å². The smallest absolute Gasteiger partial charge is 0.249 e. The van der Waals surface area contributed by atoms with Crippen molar-refractivity contribution in [2.75, 3.05) is 0 Å². The maximum absolute atomic E-state index is 13.4. The molecule has 2 aromatic carbocycles. The highest BCUT2D eigenvalue weighted by molar-refractivity contribution is 6.30. The molecule has 92 valence electrons. The van der Waals surface area contributed by atoms with Crippen LogP contribution in [-0.4, -0.2) is 5.91 Å². The van der Waals surface area contributed by atoms with Gasteiger partial charge in [0.1, 0.15) is 11.6 Å². The lowest BCUT2D eigenvalue weighted by Gasteiger charge is -2.08. The minimum absolute atomic E-state index is 0.0456. The van der Waals surface area contributed by atoms with E-state index in [0.717, 1.165) is 18.2 Å². The summed E-state index contributed by atoms with van der Waals surface area (Å²) in [5.41, 5.74) is 5.88. The van der Waals surface area contributed by atoms with Crippen LogP contribution in [0.1, 0.15) is 10.4 Å². The molecular formula is C13H8ClF2NO. The van der Waals surface area contributed by atoms with E-state index >= 15 is 0 Å². The quantitative estimate of drug-likeness (QED) is 0.890. The number of benzene rings is 2. The largest absolute Gasteiger partial charge is 0.366 e. The second-order valence-electron chi connectivity index (χ2n) is 3.68. The Bertz CT molecular complexity index is 628. The van der Waals surface area contributed by atoms with E-state index in [1.807, 2.05) is 0 Å². The summed E-state index contributed by atoms with van der Waals surface area (Å²) in [4.78, 5) is 11.2. The fourth-order valence-electron chi connectivity index (χ4n) is 1.63. The molecule has 0 heterocycles. The summed E-state index contributed by atoms with van der Waals surface area (Å²) in [5.74, 6) is -1.89. The predicted octanol–water partition coefficient (Wildman–Crippen LogP) is 3.38. The van der Waals surface area contributed by atoms with E-state index in [0.29, 0.717) is 5.56 Å². The van der Waals surface area contributed by atoms with Crippen molar-refractivity contribution in [1.29, 1.82) is 0 Å². The first-order valence-corrected chi connectivity index (χ1v) is 5.41. The van der Waals surface area contributed by atoms with Gasteiger partial charge in [0.05, 0.1) is 5.02 Å². The number of carbonyl (C=O) groups excluding carboxylic acids is 1. The molecule has 18 heavy (non-hydrogen) atoms. The van der Waals surface area contributed by atoms with Crippen molar-refractivity contribution in [3.63, 3.8) is 0 Å². The van der Waals surface area contributed by atoms with Crippen LogP contribution in [0.2, 0.25) is 5.02 Å². The number of primary amides is 1. The average molecular weight is 268 g/mol. The van der Waals surface area contributed by atoms with Gasteiger partial charge in [-0.1, -0.05) is 17.7 Å². The van der Waals surface area contributed by atoms with E-state index in [4.69, 9.17) is 17.3 Å². The second kappa shape index (κ2) is 4.74. The maximum atomic E-state index is 13.4. The van der Waals surface area contributed by atoms with Crippen LogP contribution in [0.5, 0.6) is 0 Å². The first-order valence-electron chi connectivity index (χ1n) is 5.04. The highest BCUT2D eigenvalue weighted by atomic mass is 35.5. The Morgan fingerprint density at radius 1 is 1.11 bits per heavy atom. The Hall–Kier alpha value is -1.94. The van der Waals surface area contributed by atoms with Crippen molar-refractivity contribution in [3.05, 3.63) is 58.6 Å². The molecule has 2 aromatic rings. The molecule has 1 amide bonds. The highest BCUT2D eigenvalue weighted by Crippen LogP contribution is 2.27. The van der Waals surface area contributed by atoms with Crippen LogP contribution < -0.4 is 5.73 Å². The van der Waals surface area contributed by atoms with Gasteiger partial charge in [-0.05, 0) is 41.5 Å². The highest BCUT2D eigenvalue weighted by Gasteiger charge is 2.12. The monoisotopic (exact) mass is 267 g/mol. The zero-order valence-electron chi connectivity index (χ0n) is 9.08. The fraction of sp³-hybridized carbons (Fsp3) is 0. The SMILES string of the molecule is NC(=O)c1ccc(F)cc1-c1ccc(Cl)c(F)c1. The van der Waals surface area contributed by atoms with Crippen LogP contribution in [0.3, 0.4) is 0 Å². The number of rotatable bonds is 2. The predicted molar refractivity (Wildman–Crippen MR) is 65.3 cm³/mol. The van der Waals surface area contributed by atoms with E-state index in [9.17, 15) is 13.6 Å². The first-order chi connectivity index (χ1) is 8.49. The molecule has 0 aliphatic heterocycles. The summed E-state index contributed by atoms with van der Waals surface area (Å²) in [7, 11) is 0. The van der Waals surface area contributed by atoms with Crippen molar-refractivity contribution in [2.24, 2.45) is 5.73 Å². The number of hydrogen-bond donors (Lipinski definition) is 1. The second-order valence-corrected chi connectivity index (χ2v) is 4.09. The summed E-state index contributed by atoms with van der Waals surface area (Å²) in [6.45, 7) is 0. The summed E-state index contributed by atoms with van der Waals surface area (Å²) < 4.78 is 26.6. The Morgan fingerprint density at radius 2 is 1.83 bits per heavy atom. The molecule has 0 aliphatic rings. The van der Waals surface area contributed by atoms with Crippen molar-refractivity contribution in [3.8, 4) is 11.1 Å². The zero-order valence-corrected chi connectivity index (χ0v) is 9.84. The van der Waals surface area contributed by atoms with E-state index in [1.54, 1.807) is 0 Å². The minimum atomic E-state index is -0.708. The van der Waals surface area contributed by atoms with Gasteiger partial charge in [0.15, 0.2) is 0 Å². The molecule has 2 nitrogen and oxygen atoms in total. The Morgan fingerprint density at radius 3 is 2.44 bits per heavy atom. The molecule has 5 heteroatoms. The van der Waals surface area contributed by atoms with Crippen LogP contribution in [-0.2, 0) is 0 Å². The summed E-state index contributed by atoms with van der Waals surface area (Å²) in [5, 5.41) is -0.0456. The molecule has 0 bridgehead atoms. The van der Waals surface area contributed by atoms with Crippen molar-refractivity contribution in [1.82, 2.24) is 0 Å². The zero-order chi connectivity index (χ0) is 13.3. The van der Waals surface area contributed by atoms with Gasteiger partial charge in [-0.3, -0.25) is 4.79 Å². The number of halogens is 3. The Kier molecular flexibility index (Phi) is 3.30. The van der Waals surface area contributed by atoms with E-state index < -0.39 is 17.5 Å². The average Bonchev–Trinajstić information content (AvgIpc) is 2.32. The van der Waals surface area contributed by atoms with Crippen LogP contribution in [0.15, 0.2) is 36.4 Å². The van der Waals surface area contributed by atoms with Crippen molar-refractivity contribution < 1.29 is 13.6 Å². The van der Waals surface area contributed by atoms with Crippen LogP contribution in [0.25, 0.3) is 11.1 Å². The van der Waals surface area contributed by atoms with Gasteiger partial charge >= 0.3 is 0 Å². The van der Waals surface area contributed by atoms with Gasteiger partial charge in [0.25, 0.3) is 0 Å². The van der Waals surface area contributed by atoms with Gasteiger partial charge in [-0.2, -0.15) is 0 Å². The van der Waals surface area contributed by atoms with Gasteiger partial charge < -0.3 is 5.73 Å². The number of carbonyl (C=O) groups is 1. The molecular weight excluding hydrogens is 260 g/mol. The summed E-state index contributed by atoms with van der Waals surface area (Å²) in [6.07, 6.45) is 0. The molecule has 0 aliphatic carbocycles. The van der Waals surface area contributed by atoms with Gasteiger partial charge in [-0.25, -0.2) is 8.78 Å². The van der Waals surface area contributed by atoms with Crippen molar-refractivity contribution in [2.45, 2.75) is 0 Å². The lowest BCUT2D eigenvalue weighted by molar-refractivity contribution is 0.100. The molecule has 0 radical (unpaired) electrons. The molecule has 0 saturated carbocycles. The molecule has 0 spiro atoms. The molecule has 0 fully saturated rings. The van der Waals surface area contributed by atoms with Crippen LogP contribution >= 0.6 is 11.6 Å². The molecule has 0 aromatic heterocycles. The third-order valence-corrected chi connectivity index (χ3v) is 2.78. The van der Waals surface area contributed by atoms with Gasteiger partial charge in [0.2, 0.25) is 5.91 Å². The molecule has 0 atom stereocenters. The third kappa shape index (κ3) is 2.33. The van der Waals surface area contributed by atoms with Gasteiger partial charge in [0, 0.05) is 5.56 Å². The summed E-state index contributed by atoms with van der Waals surface area (Å²) >= 11 is 5.56. The van der Waals surface area contributed by atoms with Crippen LogP contribution in [0, 0.1) is 11.6 Å². The molecule has 2 N–H and O–H groups in total. The lowest BCUT2D eigenvalue weighted by Crippen LogP contribution is -2.12. The fourth-order valence-corrected chi connectivity index (χ4v) is 1.75. The van der Waals surface area contributed by atoms with E-state index in [-0.39, 0.29) is 16.1 Å². The topological polar surface area (TPSA) is 43.1 Å². The van der Waals surface area contributed by atoms with Crippen molar-refractivity contribution >= 4 is 17.5 Å². The van der Waals surface area contributed by atoms with Gasteiger partial charge in [-0.15, -0.1) is 0 Å².